The summed E-state index contributed by atoms with van der Waals surface area (Å²) < 4.78 is 0. The number of nitro benzene ring substituents is 2. The number of nitrogens with zero attached hydrogens (tertiary/aromatic N) is 3. The van der Waals surface area contributed by atoms with Gasteiger partial charge in [0.25, 0.3) is 23.2 Å². The number of amides is 2. The Bertz CT molecular complexity index is 957. The van der Waals surface area contributed by atoms with Crippen LogP contribution in [-0.2, 0) is 0 Å². The van der Waals surface area contributed by atoms with Crippen molar-refractivity contribution < 1.29 is 19.4 Å². The van der Waals surface area contributed by atoms with E-state index in [4.69, 9.17) is 0 Å². The minimum atomic E-state index is -0.540. The van der Waals surface area contributed by atoms with E-state index in [9.17, 15) is 29.8 Å². The molecule has 0 aromatic heterocycles. The van der Waals surface area contributed by atoms with Crippen molar-refractivity contribution in [3.63, 3.8) is 0 Å². The van der Waals surface area contributed by atoms with Crippen LogP contribution < -0.4 is 5.32 Å². The maximum atomic E-state index is 12.7. The van der Waals surface area contributed by atoms with Crippen molar-refractivity contribution in [3.05, 3.63) is 79.9 Å². The highest BCUT2D eigenvalue weighted by Crippen LogP contribution is 2.15. The highest BCUT2D eigenvalue weighted by Gasteiger charge is 2.21. The van der Waals surface area contributed by atoms with Crippen LogP contribution in [0.3, 0.4) is 0 Å². The van der Waals surface area contributed by atoms with Crippen LogP contribution in [0.25, 0.3) is 0 Å². The molecule has 2 rings (SSSR count). The molecule has 0 aliphatic rings. The lowest BCUT2D eigenvalue weighted by Crippen LogP contribution is -2.45. The SMILES string of the molecule is CC(C)CC(CN(C)C(=O)c1ccc([N+](=O)[O-])cc1)NC(=O)c1ccc([N+](=O)[O-])cc1. The van der Waals surface area contributed by atoms with Gasteiger partial charge >= 0.3 is 0 Å². The minimum Gasteiger partial charge on any atom is -0.348 e. The quantitative estimate of drug-likeness (QED) is 0.480. The van der Waals surface area contributed by atoms with E-state index < -0.39 is 15.8 Å². The van der Waals surface area contributed by atoms with Crippen molar-refractivity contribution in [2.24, 2.45) is 5.92 Å². The van der Waals surface area contributed by atoms with Gasteiger partial charge < -0.3 is 10.2 Å². The van der Waals surface area contributed by atoms with Crippen molar-refractivity contribution >= 4 is 23.2 Å². The van der Waals surface area contributed by atoms with Crippen LogP contribution in [0.15, 0.2) is 48.5 Å². The standard InChI is InChI=1S/C21H24N4O6/c1-14(2)12-17(22-20(26)15-4-8-18(9-5-15)24(28)29)13-23(3)21(27)16-6-10-19(11-7-16)25(30)31/h4-11,14,17H,12-13H2,1-3H3,(H,22,26). The van der Waals surface area contributed by atoms with E-state index in [0.717, 1.165) is 0 Å². The first-order valence-corrected chi connectivity index (χ1v) is 9.63. The molecular formula is C21H24N4O6. The third-order valence-corrected chi connectivity index (χ3v) is 4.60. The summed E-state index contributed by atoms with van der Waals surface area (Å²) in [4.78, 5) is 47.2. The van der Waals surface area contributed by atoms with Crippen LogP contribution in [0.2, 0.25) is 0 Å². The van der Waals surface area contributed by atoms with Crippen LogP contribution in [-0.4, -0.2) is 46.2 Å². The molecule has 0 aliphatic heterocycles. The normalized spacial score (nSPS) is 11.6. The molecule has 2 amide bonds. The average molecular weight is 428 g/mol. The fourth-order valence-electron chi connectivity index (χ4n) is 3.11. The number of non-ortho nitro benzene ring substituents is 2. The van der Waals surface area contributed by atoms with Gasteiger partial charge in [-0.3, -0.25) is 29.8 Å². The van der Waals surface area contributed by atoms with Gasteiger partial charge in [0.05, 0.1) is 9.85 Å². The van der Waals surface area contributed by atoms with Gasteiger partial charge in [0.15, 0.2) is 0 Å². The second kappa shape index (κ2) is 10.3. The van der Waals surface area contributed by atoms with Crippen molar-refractivity contribution in [1.82, 2.24) is 10.2 Å². The molecule has 164 valence electrons. The van der Waals surface area contributed by atoms with Gasteiger partial charge in [-0.15, -0.1) is 0 Å². The summed E-state index contributed by atoms with van der Waals surface area (Å²) in [6.45, 7) is 4.21. The Labute approximate surface area is 179 Å². The van der Waals surface area contributed by atoms with Crippen molar-refractivity contribution in [3.8, 4) is 0 Å². The van der Waals surface area contributed by atoms with E-state index in [1.165, 1.54) is 53.4 Å². The lowest BCUT2D eigenvalue weighted by molar-refractivity contribution is -0.385. The third-order valence-electron chi connectivity index (χ3n) is 4.60. The molecule has 1 unspecified atom stereocenters. The van der Waals surface area contributed by atoms with Gasteiger partial charge in [0.1, 0.15) is 0 Å². The van der Waals surface area contributed by atoms with Gasteiger partial charge in [-0.2, -0.15) is 0 Å². The van der Waals surface area contributed by atoms with E-state index in [-0.39, 0.29) is 41.3 Å². The number of hydrogen-bond donors (Lipinski definition) is 1. The van der Waals surface area contributed by atoms with Crippen molar-refractivity contribution in [2.75, 3.05) is 13.6 Å². The molecule has 0 heterocycles. The summed E-state index contributed by atoms with van der Waals surface area (Å²) in [6, 6.07) is 10.2. The molecule has 0 saturated carbocycles. The third kappa shape index (κ3) is 6.59. The molecule has 0 bridgehead atoms. The predicted molar refractivity (Wildman–Crippen MR) is 114 cm³/mol. The number of nitro groups is 2. The van der Waals surface area contributed by atoms with Crippen LogP contribution in [0, 0.1) is 26.1 Å². The summed E-state index contributed by atoms with van der Waals surface area (Å²) >= 11 is 0. The molecule has 10 heteroatoms. The lowest BCUT2D eigenvalue weighted by Gasteiger charge is -2.26. The van der Waals surface area contributed by atoms with E-state index in [0.29, 0.717) is 12.0 Å². The maximum Gasteiger partial charge on any atom is 0.269 e. The second-order valence-electron chi connectivity index (χ2n) is 7.59. The van der Waals surface area contributed by atoms with Crippen LogP contribution in [0.5, 0.6) is 0 Å². The molecule has 0 spiro atoms. The second-order valence-corrected chi connectivity index (χ2v) is 7.59. The smallest absolute Gasteiger partial charge is 0.269 e. The predicted octanol–water partition coefficient (Wildman–Crippen LogP) is 3.42. The Balaban J connectivity index is 2.08. The van der Waals surface area contributed by atoms with E-state index in [1.807, 2.05) is 13.8 Å². The molecule has 1 atom stereocenters. The van der Waals surface area contributed by atoms with Crippen LogP contribution in [0.1, 0.15) is 41.0 Å². The molecule has 31 heavy (non-hydrogen) atoms. The van der Waals surface area contributed by atoms with E-state index in [2.05, 4.69) is 5.32 Å². The Morgan fingerprint density at radius 3 is 1.77 bits per heavy atom. The van der Waals surface area contributed by atoms with Crippen LogP contribution in [0.4, 0.5) is 11.4 Å². The highest BCUT2D eigenvalue weighted by atomic mass is 16.6. The first kappa shape index (κ1) is 23.5. The highest BCUT2D eigenvalue weighted by molar-refractivity contribution is 5.95. The number of benzene rings is 2. The fraction of sp³-hybridized carbons (Fsp3) is 0.333. The number of carbonyl (C=O) groups excluding carboxylic acids is 2. The summed E-state index contributed by atoms with van der Waals surface area (Å²) in [6.07, 6.45) is 0.608. The van der Waals surface area contributed by atoms with Gasteiger partial charge in [-0.1, -0.05) is 13.8 Å². The molecule has 0 aliphatic carbocycles. The van der Waals surface area contributed by atoms with E-state index in [1.54, 1.807) is 7.05 Å². The zero-order chi connectivity index (χ0) is 23.1. The Kier molecular flexibility index (Phi) is 7.78. The minimum absolute atomic E-state index is 0.104. The van der Waals surface area contributed by atoms with Gasteiger partial charge in [0.2, 0.25) is 0 Å². The molecule has 1 N–H and O–H groups in total. The molecule has 2 aromatic rings. The number of hydrogen-bond acceptors (Lipinski definition) is 6. The number of rotatable bonds is 9. The topological polar surface area (TPSA) is 136 Å². The lowest BCUT2D eigenvalue weighted by atomic mass is 10.0. The zero-order valence-corrected chi connectivity index (χ0v) is 17.5. The zero-order valence-electron chi connectivity index (χ0n) is 17.5. The van der Waals surface area contributed by atoms with Crippen molar-refractivity contribution in [2.45, 2.75) is 26.3 Å². The molecule has 0 radical (unpaired) electrons. The summed E-state index contributed by atoms with van der Waals surface area (Å²) in [5, 5.41) is 24.4. The Morgan fingerprint density at radius 2 is 1.35 bits per heavy atom. The largest absolute Gasteiger partial charge is 0.348 e. The summed E-state index contributed by atoms with van der Waals surface area (Å²) in [5.74, 6) is -0.477. The maximum absolute atomic E-state index is 12.7. The molecule has 0 fully saturated rings. The van der Waals surface area contributed by atoms with Crippen molar-refractivity contribution in [1.29, 1.82) is 0 Å². The number of likely N-dealkylation sites (N-methyl/N-ethyl adjacent to an activating group) is 1. The Hall–Kier alpha value is -3.82. The van der Waals surface area contributed by atoms with Gasteiger partial charge in [0, 0.05) is 55.0 Å². The number of nitrogens with one attached hydrogen (secondary N) is 1. The number of carbonyl (C=O) groups is 2. The summed E-state index contributed by atoms with van der Waals surface area (Å²) in [7, 11) is 1.59. The fourth-order valence-corrected chi connectivity index (χ4v) is 3.11. The molecular weight excluding hydrogens is 404 g/mol. The molecule has 0 saturated heterocycles. The molecule has 2 aromatic carbocycles. The van der Waals surface area contributed by atoms with Gasteiger partial charge in [-0.05, 0) is 36.6 Å². The van der Waals surface area contributed by atoms with E-state index >= 15 is 0 Å². The van der Waals surface area contributed by atoms with Crippen LogP contribution >= 0.6 is 0 Å². The first-order chi connectivity index (χ1) is 14.6. The average Bonchev–Trinajstić information content (AvgIpc) is 2.72. The monoisotopic (exact) mass is 428 g/mol. The van der Waals surface area contributed by atoms with Gasteiger partial charge in [-0.25, -0.2) is 0 Å². The summed E-state index contributed by atoms with van der Waals surface area (Å²) in [5.41, 5.74) is 0.373. The first-order valence-electron chi connectivity index (χ1n) is 9.63. The molecule has 10 nitrogen and oxygen atoms in total. The Morgan fingerprint density at radius 1 is 0.903 bits per heavy atom.